The minimum absolute atomic E-state index is 0.134. The van der Waals surface area contributed by atoms with Crippen molar-refractivity contribution in [1.82, 2.24) is 24.8 Å². The molecule has 0 unspecified atom stereocenters. The van der Waals surface area contributed by atoms with E-state index in [2.05, 4.69) is 10.3 Å². The summed E-state index contributed by atoms with van der Waals surface area (Å²) in [5.74, 6) is 0.0113. The molecular formula is C23H21Cl2N5O2. The molecule has 2 aromatic carbocycles. The van der Waals surface area contributed by atoms with Crippen molar-refractivity contribution in [2.45, 2.75) is 18.8 Å². The molecule has 9 heteroatoms. The lowest BCUT2D eigenvalue weighted by molar-refractivity contribution is 0.0531. The zero-order chi connectivity index (χ0) is 22.2. The van der Waals surface area contributed by atoms with Crippen LogP contribution in [0.25, 0.3) is 5.69 Å². The van der Waals surface area contributed by atoms with E-state index in [9.17, 15) is 9.59 Å². The minimum Gasteiger partial charge on any atom is -0.335 e. The van der Waals surface area contributed by atoms with Gasteiger partial charge in [0.05, 0.1) is 22.0 Å². The van der Waals surface area contributed by atoms with Gasteiger partial charge >= 0.3 is 0 Å². The number of hydrogen-bond acceptors (Lipinski definition) is 4. The second-order valence-electron chi connectivity index (χ2n) is 8.05. The van der Waals surface area contributed by atoms with Crippen LogP contribution in [0.15, 0.2) is 48.5 Å². The Labute approximate surface area is 195 Å². The van der Waals surface area contributed by atoms with E-state index in [1.165, 1.54) is 0 Å². The van der Waals surface area contributed by atoms with Crippen molar-refractivity contribution in [3.8, 4) is 5.69 Å². The number of amides is 2. The van der Waals surface area contributed by atoms with Crippen molar-refractivity contribution in [2.75, 3.05) is 26.2 Å². The lowest BCUT2D eigenvalue weighted by Gasteiger charge is -2.34. The molecule has 2 fully saturated rings. The number of halogens is 2. The fourth-order valence-corrected chi connectivity index (χ4v) is 4.51. The molecule has 1 saturated heterocycles. The zero-order valence-electron chi connectivity index (χ0n) is 17.2. The molecule has 1 aliphatic carbocycles. The number of benzene rings is 2. The van der Waals surface area contributed by atoms with Crippen molar-refractivity contribution < 1.29 is 9.59 Å². The second kappa shape index (κ2) is 8.56. The predicted octanol–water partition coefficient (Wildman–Crippen LogP) is 4.05. The maximum absolute atomic E-state index is 13.3. The van der Waals surface area contributed by atoms with Gasteiger partial charge in [0.15, 0.2) is 5.69 Å². The van der Waals surface area contributed by atoms with E-state index in [1.54, 1.807) is 32.7 Å². The van der Waals surface area contributed by atoms with E-state index in [0.717, 1.165) is 24.2 Å². The van der Waals surface area contributed by atoms with E-state index in [-0.39, 0.29) is 11.8 Å². The van der Waals surface area contributed by atoms with Crippen molar-refractivity contribution in [3.63, 3.8) is 0 Å². The van der Waals surface area contributed by atoms with E-state index < -0.39 is 0 Å². The predicted molar refractivity (Wildman–Crippen MR) is 122 cm³/mol. The molecule has 2 heterocycles. The Morgan fingerprint density at radius 3 is 2.16 bits per heavy atom. The summed E-state index contributed by atoms with van der Waals surface area (Å²) in [5, 5.41) is 9.36. The number of hydrogen-bond donors (Lipinski definition) is 0. The maximum atomic E-state index is 13.3. The highest BCUT2D eigenvalue weighted by molar-refractivity contribution is 6.36. The first-order valence-electron chi connectivity index (χ1n) is 10.6. The zero-order valence-corrected chi connectivity index (χ0v) is 18.8. The smallest absolute Gasteiger partial charge is 0.276 e. The van der Waals surface area contributed by atoms with E-state index in [4.69, 9.17) is 23.2 Å². The van der Waals surface area contributed by atoms with Crippen LogP contribution in [-0.2, 0) is 0 Å². The Hall–Kier alpha value is -2.90. The fraction of sp³-hybridized carbons (Fsp3) is 0.304. The summed E-state index contributed by atoms with van der Waals surface area (Å²) in [6.45, 7) is 1.71. The average molecular weight is 470 g/mol. The lowest BCUT2D eigenvalue weighted by atomic mass is 10.1. The van der Waals surface area contributed by atoms with Crippen LogP contribution in [-0.4, -0.2) is 62.8 Å². The number of carbonyl (C=O) groups is 2. The number of aromatic nitrogens is 3. The van der Waals surface area contributed by atoms with Gasteiger partial charge in [-0.3, -0.25) is 9.59 Å². The first-order chi connectivity index (χ1) is 15.5. The normalized spacial score (nSPS) is 16.3. The number of piperazine rings is 1. The molecule has 1 saturated carbocycles. The van der Waals surface area contributed by atoms with Gasteiger partial charge in [0, 0.05) is 37.1 Å². The Kier molecular flexibility index (Phi) is 5.61. The van der Waals surface area contributed by atoms with E-state index in [0.29, 0.717) is 53.4 Å². The summed E-state index contributed by atoms with van der Waals surface area (Å²) in [4.78, 5) is 29.6. The molecule has 164 valence electrons. The van der Waals surface area contributed by atoms with Gasteiger partial charge in [-0.15, -0.1) is 5.10 Å². The summed E-state index contributed by atoms with van der Waals surface area (Å²) in [6, 6.07) is 14.6. The van der Waals surface area contributed by atoms with Gasteiger partial charge < -0.3 is 9.80 Å². The summed E-state index contributed by atoms with van der Waals surface area (Å²) in [5.41, 5.74) is 2.61. The molecule has 2 amide bonds. The van der Waals surface area contributed by atoms with Crippen molar-refractivity contribution in [3.05, 3.63) is 75.5 Å². The summed E-state index contributed by atoms with van der Waals surface area (Å²) >= 11 is 12.1. The SMILES string of the molecule is O=C(c1ccc(Cl)cc1Cl)N1CCN(C(=O)c2nnn(-c3ccccc3)c2C2CC2)CC1. The van der Waals surface area contributed by atoms with Gasteiger partial charge in [-0.05, 0) is 43.2 Å². The molecule has 0 radical (unpaired) electrons. The third-order valence-corrected chi connectivity index (χ3v) is 6.44. The average Bonchev–Trinajstić information content (AvgIpc) is 3.56. The number of carbonyl (C=O) groups excluding carboxylic acids is 2. The van der Waals surface area contributed by atoms with Crippen molar-refractivity contribution in [1.29, 1.82) is 0 Å². The summed E-state index contributed by atoms with van der Waals surface area (Å²) in [6.07, 6.45) is 2.06. The second-order valence-corrected chi connectivity index (χ2v) is 8.90. The molecule has 0 N–H and O–H groups in total. The fourth-order valence-electron chi connectivity index (χ4n) is 4.02. The highest BCUT2D eigenvalue weighted by atomic mass is 35.5. The Morgan fingerprint density at radius 2 is 1.53 bits per heavy atom. The van der Waals surface area contributed by atoms with Crippen LogP contribution in [0.1, 0.15) is 45.3 Å². The largest absolute Gasteiger partial charge is 0.335 e. The van der Waals surface area contributed by atoms with Crippen LogP contribution in [0.5, 0.6) is 0 Å². The van der Waals surface area contributed by atoms with Gasteiger partial charge in [-0.1, -0.05) is 46.6 Å². The maximum Gasteiger partial charge on any atom is 0.276 e. The molecule has 1 aromatic heterocycles. The molecule has 0 spiro atoms. The van der Waals surface area contributed by atoms with Crippen LogP contribution in [0.3, 0.4) is 0 Å². The van der Waals surface area contributed by atoms with Gasteiger partial charge in [0.2, 0.25) is 0 Å². The third kappa shape index (κ3) is 3.98. The quantitative estimate of drug-likeness (QED) is 0.577. The highest BCUT2D eigenvalue weighted by Gasteiger charge is 2.36. The Morgan fingerprint density at radius 1 is 0.875 bits per heavy atom. The molecule has 32 heavy (non-hydrogen) atoms. The standard InChI is InChI=1S/C23H21Cl2N5O2/c24-16-8-9-18(19(25)14-16)22(31)28-10-12-29(13-11-28)23(32)20-21(15-6-7-15)30(27-26-20)17-4-2-1-3-5-17/h1-5,8-9,14-15H,6-7,10-13H2. The lowest BCUT2D eigenvalue weighted by Crippen LogP contribution is -2.50. The van der Waals surface area contributed by atoms with Gasteiger partial charge in [-0.25, -0.2) is 4.68 Å². The summed E-state index contributed by atoms with van der Waals surface area (Å²) in [7, 11) is 0. The van der Waals surface area contributed by atoms with Crippen LogP contribution in [0.4, 0.5) is 0 Å². The molecule has 1 aliphatic heterocycles. The van der Waals surface area contributed by atoms with Crippen LogP contribution in [0.2, 0.25) is 10.0 Å². The van der Waals surface area contributed by atoms with Crippen LogP contribution < -0.4 is 0 Å². The van der Waals surface area contributed by atoms with Crippen molar-refractivity contribution in [2.24, 2.45) is 0 Å². The Bertz CT molecular complexity index is 1170. The first kappa shape index (κ1) is 21.0. The van der Waals surface area contributed by atoms with E-state index in [1.807, 2.05) is 30.3 Å². The molecule has 0 atom stereocenters. The van der Waals surface area contributed by atoms with Crippen LogP contribution >= 0.6 is 23.2 Å². The topological polar surface area (TPSA) is 71.3 Å². The highest BCUT2D eigenvalue weighted by Crippen LogP contribution is 2.42. The molecule has 0 bridgehead atoms. The third-order valence-electron chi connectivity index (χ3n) is 5.89. The van der Waals surface area contributed by atoms with Gasteiger partial charge in [0.25, 0.3) is 11.8 Å². The first-order valence-corrected chi connectivity index (χ1v) is 11.3. The Balaban J connectivity index is 1.31. The number of para-hydroxylation sites is 1. The molecule has 2 aliphatic rings. The monoisotopic (exact) mass is 469 g/mol. The van der Waals surface area contributed by atoms with Gasteiger partial charge in [-0.2, -0.15) is 0 Å². The van der Waals surface area contributed by atoms with Crippen molar-refractivity contribution >= 4 is 35.0 Å². The van der Waals surface area contributed by atoms with Crippen LogP contribution in [0, 0.1) is 0 Å². The molecule has 7 nitrogen and oxygen atoms in total. The molecular weight excluding hydrogens is 449 g/mol. The van der Waals surface area contributed by atoms with Gasteiger partial charge in [0.1, 0.15) is 0 Å². The number of rotatable bonds is 4. The molecule has 5 rings (SSSR count). The minimum atomic E-state index is -0.160. The summed E-state index contributed by atoms with van der Waals surface area (Å²) < 4.78 is 1.78. The van der Waals surface area contributed by atoms with E-state index >= 15 is 0 Å². The molecule has 3 aromatic rings. The number of nitrogens with zero attached hydrogens (tertiary/aromatic N) is 5.